The van der Waals surface area contributed by atoms with E-state index in [1.807, 2.05) is 41.5 Å². The molecule has 0 aliphatic rings. The average Bonchev–Trinajstić information content (AvgIpc) is 2.44. The van der Waals surface area contributed by atoms with E-state index in [4.69, 9.17) is 11.6 Å². The Morgan fingerprint density at radius 1 is 0.960 bits per heavy atom. The topological polar surface area (TPSA) is 49.3 Å². The molecule has 0 atom stereocenters. The van der Waals surface area contributed by atoms with Crippen LogP contribution in [0.5, 0.6) is 5.75 Å². The molecule has 2 rings (SSSR count). The molecule has 0 bridgehead atoms. The fraction of sp³-hybridized carbons (Fsp3) is 0.381. The van der Waals surface area contributed by atoms with E-state index in [1.165, 1.54) is 0 Å². The molecule has 0 aromatic heterocycles. The number of benzene rings is 2. The molecule has 1 amide bonds. The number of rotatable bonds is 2. The van der Waals surface area contributed by atoms with E-state index in [2.05, 4.69) is 5.32 Å². The summed E-state index contributed by atoms with van der Waals surface area (Å²) in [4.78, 5) is 12.8. The zero-order valence-corrected chi connectivity index (χ0v) is 16.5. The zero-order valence-electron chi connectivity index (χ0n) is 15.7. The van der Waals surface area contributed by atoms with Gasteiger partial charge >= 0.3 is 0 Å². The summed E-state index contributed by atoms with van der Waals surface area (Å²) in [7, 11) is 0. The molecule has 0 saturated carbocycles. The molecule has 25 heavy (non-hydrogen) atoms. The van der Waals surface area contributed by atoms with E-state index in [9.17, 15) is 9.90 Å². The lowest BCUT2D eigenvalue weighted by Crippen LogP contribution is -2.20. The normalized spacial score (nSPS) is 12.1. The van der Waals surface area contributed by atoms with E-state index < -0.39 is 0 Å². The molecule has 0 aliphatic heterocycles. The highest BCUT2D eigenvalue weighted by Crippen LogP contribution is 2.39. The van der Waals surface area contributed by atoms with Gasteiger partial charge in [-0.15, -0.1) is 0 Å². The Balaban J connectivity index is 2.51. The molecule has 2 aromatic rings. The number of anilines is 1. The number of nitrogens with one attached hydrogen (secondary N) is 1. The highest BCUT2D eigenvalue weighted by Gasteiger charge is 2.27. The van der Waals surface area contributed by atoms with Gasteiger partial charge in [0.25, 0.3) is 5.91 Å². The molecule has 2 aromatic carbocycles. The minimum Gasteiger partial charge on any atom is -0.507 e. The largest absolute Gasteiger partial charge is 0.507 e. The molecule has 2 N–H and O–H groups in total. The summed E-state index contributed by atoms with van der Waals surface area (Å²) in [5.74, 6) is 0.0394. The van der Waals surface area contributed by atoms with Crippen molar-refractivity contribution in [1.82, 2.24) is 0 Å². The lowest BCUT2D eigenvalue weighted by Gasteiger charge is -2.28. The summed E-state index contributed by atoms with van der Waals surface area (Å²) in [5.41, 5.74) is 2.12. The van der Waals surface area contributed by atoms with E-state index in [0.717, 1.165) is 11.1 Å². The van der Waals surface area contributed by atoms with Crippen molar-refractivity contribution in [3.63, 3.8) is 0 Å². The molecule has 0 unspecified atom stereocenters. The smallest absolute Gasteiger partial charge is 0.255 e. The summed E-state index contributed by atoms with van der Waals surface area (Å²) in [5, 5.41) is 14.2. The first-order valence-corrected chi connectivity index (χ1v) is 8.72. The van der Waals surface area contributed by atoms with Gasteiger partial charge < -0.3 is 10.4 Å². The van der Waals surface area contributed by atoms with Gasteiger partial charge in [0, 0.05) is 27.4 Å². The van der Waals surface area contributed by atoms with Crippen molar-refractivity contribution in [2.24, 2.45) is 0 Å². The maximum absolute atomic E-state index is 12.8. The third-order valence-corrected chi connectivity index (χ3v) is 4.31. The van der Waals surface area contributed by atoms with Gasteiger partial charge in [-0.25, -0.2) is 0 Å². The number of hydrogen-bond acceptors (Lipinski definition) is 2. The van der Waals surface area contributed by atoms with Gasteiger partial charge in [-0.2, -0.15) is 0 Å². The van der Waals surface area contributed by atoms with Crippen molar-refractivity contribution in [3.05, 3.63) is 58.1 Å². The van der Waals surface area contributed by atoms with Gasteiger partial charge in [0.2, 0.25) is 0 Å². The van der Waals surface area contributed by atoms with Crippen molar-refractivity contribution in [2.45, 2.75) is 52.4 Å². The van der Waals surface area contributed by atoms with Crippen molar-refractivity contribution in [2.75, 3.05) is 5.32 Å². The maximum atomic E-state index is 12.8. The number of hydrogen-bond donors (Lipinski definition) is 2. The van der Waals surface area contributed by atoms with Crippen molar-refractivity contribution in [3.8, 4) is 5.75 Å². The number of phenolic OH excluding ortho intramolecular Hbond substituents is 1. The van der Waals surface area contributed by atoms with Crippen molar-refractivity contribution < 1.29 is 9.90 Å². The lowest BCUT2D eigenvalue weighted by molar-refractivity contribution is 0.102. The number of phenols is 1. The summed E-state index contributed by atoms with van der Waals surface area (Å²) in [6, 6.07) is 10.6. The maximum Gasteiger partial charge on any atom is 0.255 e. The fourth-order valence-electron chi connectivity index (χ4n) is 2.68. The number of halogens is 1. The molecule has 0 saturated heterocycles. The third-order valence-electron chi connectivity index (χ3n) is 4.07. The Morgan fingerprint density at radius 2 is 1.48 bits per heavy atom. The van der Waals surface area contributed by atoms with Gasteiger partial charge in [-0.3, -0.25) is 4.79 Å². The minimum atomic E-state index is -0.281. The minimum absolute atomic E-state index is 0.224. The van der Waals surface area contributed by atoms with Crippen LogP contribution in [0, 0.1) is 0 Å². The lowest BCUT2D eigenvalue weighted by atomic mass is 9.78. The predicted molar refractivity (Wildman–Crippen MR) is 105 cm³/mol. The SMILES string of the molecule is CC(C)(C)c1cc(C(=O)Nc2cccc(Cl)c2)cc(C(C)(C)C)c1O. The molecule has 134 valence electrons. The van der Waals surface area contributed by atoms with Gasteiger partial charge in [-0.1, -0.05) is 59.2 Å². The van der Waals surface area contributed by atoms with Gasteiger partial charge in [-0.05, 0) is 41.2 Å². The summed E-state index contributed by atoms with van der Waals surface area (Å²) < 4.78 is 0. The van der Waals surface area contributed by atoms with Crippen molar-refractivity contribution in [1.29, 1.82) is 0 Å². The second-order valence-corrected chi connectivity index (χ2v) is 8.82. The van der Waals surface area contributed by atoms with Crippen LogP contribution in [0.1, 0.15) is 63.0 Å². The van der Waals surface area contributed by atoms with Crippen LogP contribution >= 0.6 is 11.6 Å². The molecular weight excluding hydrogens is 334 g/mol. The summed E-state index contributed by atoms with van der Waals surface area (Å²) in [6.07, 6.45) is 0. The second-order valence-electron chi connectivity index (χ2n) is 8.38. The number of carbonyl (C=O) groups excluding carboxylic acids is 1. The van der Waals surface area contributed by atoms with Crippen LogP contribution in [0.4, 0.5) is 5.69 Å². The molecular formula is C21H26ClNO2. The van der Waals surface area contributed by atoms with Crippen LogP contribution in [0.2, 0.25) is 5.02 Å². The summed E-state index contributed by atoms with van der Waals surface area (Å²) >= 11 is 5.98. The monoisotopic (exact) mass is 359 g/mol. The van der Waals surface area contributed by atoms with E-state index in [-0.39, 0.29) is 22.5 Å². The molecule has 4 heteroatoms. The van der Waals surface area contributed by atoms with E-state index in [1.54, 1.807) is 36.4 Å². The highest BCUT2D eigenvalue weighted by atomic mass is 35.5. The second kappa shape index (κ2) is 6.72. The number of aromatic hydroxyl groups is 1. The first kappa shape index (κ1) is 19.3. The van der Waals surface area contributed by atoms with Gasteiger partial charge in [0.1, 0.15) is 5.75 Å². The van der Waals surface area contributed by atoms with E-state index in [0.29, 0.717) is 16.3 Å². The predicted octanol–water partition coefficient (Wildman–Crippen LogP) is 5.89. The third kappa shape index (κ3) is 4.55. The Labute approximate surface area is 155 Å². The van der Waals surface area contributed by atoms with Crippen LogP contribution in [0.3, 0.4) is 0 Å². The fourth-order valence-corrected chi connectivity index (χ4v) is 2.87. The van der Waals surface area contributed by atoms with Crippen LogP contribution in [-0.2, 0) is 10.8 Å². The molecule has 0 fully saturated rings. The highest BCUT2D eigenvalue weighted by molar-refractivity contribution is 6.31. The Bertz CT molecular complexity index is 763. The molecule has 0 radical (unpaired) electrons. The van der Waals surface area contributed by atoms with Crippen molar-refractivity contribution >= 4 is 23.2 Å². The molecule has 3 nitrogen and oxygen atoms in total. The summed E-state index contributed by atoms with van der Waals surface area (Å²) in [6.45, 7) is 12.1. The first-order valence-electron chi connectivity index (χ1n) is 8.34. The van der Waals surface area contributed by atoms with Crippen LogP contribution in [0.15, 0.2) is 36.4 Å². The number of amides is 1. The molecule has 0 spiro atoms. The van der Waals surface area contributed by atoms with Gasteiger partial charge in [0.05, 0.1) is 0 Å². The van der Waals surface area contributed by atoms with Crippen LogP contribution < -0.4 is 5.32 Å². The zero-order chi connectivity index (χ0) is 19.0. The quantitative estimate of drug-likeness (QED) is 0.702. The Kier molecular flexibility index (Phi) is 5.19. The average molecular weight is 360 g/mol. The first-order chi connectivity index (χ1) is 11.4. The Morgan fingerprint density at radius 3 is 1.92 bits per heavy atom. The number of carbonyl (C=O) groups is 1. The molecule has 0 aliphatic carbocycles. The standard InChI is InChI=1S/C21H26ClNO2/c1-20(2,3)16-10-13(11-17(18(16)24)21(4,5)6)19(25)23-15-9-7-8-14(22)12-15/h7-12,24H,1-6H3,(H,23,25). The van der Waals surface area contributed by atoms with Gasteiger partial charge in [0.15, 0.2) is 0 Å². The van der Waals surface area contributed by atoms with Crippen LogP contribution in [-0.4, -0.2) is 11.0 Å². The van der Waals surface area contributed by atoms with Crippen LogP contribution in [0.25, 0.3) is 0 Å². The Hall–Kier alpha value is -2.00. The van der Waals surface area contributed by atoms with E-state index >= 15 is 0 Å². The molecule has 0 heterocycles.